The second kappa shape index (κ2) is 11.4. The van der Waals surface area contributed by atoms with E-state index in [1.807, 2.05) is 6.92 Å². The molecule has 0 unspecified atom stereocenters. The molecule has 0 bridgehead atoms. The first kappa shape index (κ1) is 14.9. The van der Waals surface area contributed by atoms with Gasteiger partial charge in [0.05, 0.1) is 0 Å². The minimum absolute atomic E-state index is 0.00463. The summed E-state index contributed by atoms with van der Waals surface area (Å²) in [7, 11) is 3.28. The Kier molecular flexibility index (Phi) is 13.1. The number of ether oxygens (including phenoxy) is 1. The van der Waals surface area contributed by atoms with E-state index in [0.717, 1.165) is 12.5 Å². The molecule has 3 heteroatoms. The van der Waals surface area contributed by atoms with Crippen LogP contribution in [0.2, 0.25) is 0 Å². The fourth-order valence-corrected chi connectivity index (χ4v) is 0.167. The van der Waals surface area contributed by atoms with Gasteiger partial charge in [0.1, 0.15) is 0 Å². The Labute approximate surface area is 81.9 Å². The van der Waals surface area contributed by atoms with Crippen molar-refractivity contribution in [1.82, 2.24) is 5.32 Å². The van der Waals surface area contributed by atoms with E-state index in [0.29, 0.717) is 0 Å². The van der Waals surface area contributed by atoms with Crippen LogP contribution in [-0.4, -0.2) is 26.7 Å². The molecule has 0 aromatic carbocycles. The number of hydrogen-bond acceptors (Lipinski definition) is 2. The number of hydrogen-bond donors (Lipinski definition) is 1. The summed E-state index contributed by atoms with van der Waals surface area (Å²) in [5.41, 5.74) is 0. The van der Waals surface area contributed by atoms with Gasteiger partial charge < -0.3 is 10.1 Å². The summed E-state index contributed by atoms with van der Waals surface area (Å²) in [4.78, 5) is 9.70. The van der Waals surface area contributed by atoms with Crippen LogP contribution in [0.4, 0.5) is 0 Å². The second-order valence-electron chi connectivity index (χ2n) is 3.07. The van der Waals surface area contributed by atoms with Crippen LogP contribution in [0.1, 0.15) is 33.6 Å². The fourth-order valence-electron chi connectivity index (χ4n) is 0.167. The Morgan fingerprint density at radius 3 is 1.77 bits per heavy atom. The van der Waals surface area contributed by atoms with E-state index in [4.69, 9.17) is 0 Å². The molecule has 80 valence electrons. The van der Waals surface area contributed by atoms with Gasteiger partial charge in [-0.05, 0) is 12.8 Å². The average Bonchev–Trinajstić information content (AvgIpc) is 2.89. The van der Waals surface area contributed by atoms with Crippen LogP contribution in [0.3, 0.4) is 0 Å². The van der Waals surface area contributed by atoms with Gasteiger partial charge in [-0.15, -0.1) is 0 Å². The summed E-state index contributed by atoms with van der Waals surface area (Å²) < 4.78 is 4.54. The lowest BCUT2D eigenvalue weighted by molar-refractivity contribution is -0.118. The fraction of sp³-hybridized carbons (Fsp3) is 0.900. The third-order valence-electron chi connectivity index (χ3n) is 1.51. The molecule has 1 fully saturated rings. The lowest BCUT2D eigenvalue weighted by Gasteiger charge is -1.80. The molecule has 0 aromatic heterocycles. The first-order chi connectivity index (χ1) is 6.08. The van der Waals surface area contributed by atoms with E-state index in [1.54, 1.807) is 14.2 Å². The van der Waals surface area contributed by atoms with Gasteiger partial charge in [-0.2, -0.15) is 0 Å². The maximum absolute atomic E-state index is 9.70. The Balaban J connectivity index is 0. The minimum Gasteiger partial charge on any atom is -0.385 e. The van der Waals surface area contributed by atoms with Crippen molar-refractivity contribution in [3.63, 3.8) is 0 Å². The zero-order chi connectivity index (χ0) is 10.7. The van der Waals surface area contributed by atoms with Crippen molar-refractivity contribution in [1.29, 1.82) is 0 Å². The molecule has 0 radical (unpaired) electrons. The third-order valence-corrected chi connectivity index (χ3v) is 1.51. The number of nitrogens with one attached hydrogen (secondary N) is 1. The molecule has 1 N–H and O–H groups in total. The summed E-state index contributed by atoms with van der Waals surface area (Å²) in [6.45, 7) is 6.53. The van der Waals surface area contributed by atoms with Gasteiger partial charge in [-0.3, -0.25) is 4.79 Å². The van der Waals surface area contributed by atoms with Crippen molar-refractivity contribution in [3.8, 4) is 0 Å². The van der Waals surface area contributed by atoms with Gasteiger partial charge in [0.15, 0.2) is 0 Å². The molecular weight excluding hydrogens is 166 g/mol. The molecule has 1 rings (SSSR count). The molecular formula is C10H23NO2. The molecule has 0 saturated heterocycles. The predicted octanol–water partition coefficient (Wildman–Crippen LogP) is 1.82. The first-order valence-electron chi connectivity index (χ1n) is 4.75. The smallest absolute Gasteiger partial charge is 0.216 e. The maximum atomic E-state index is 9.70. The van der Waals surface area contributed by atoms with E-state index in [2.05, 4.69) is 17.0 Å². The lowest BCUT2D eigenvalue weighted by atomic mass is 10.5. The molecule has 0 atom stereocenters. The molecule has 3 nitrogen and oxygen atoms in total. The van der Waals surface area contributed by atoms with E-state index in [9.17, 15) is 4.79 Å². The summed E-state index contributed by atoms with van der Waals surface area (Å²) >= 11 is 0. The van der Waals surface area contributed by atoms with Crippen LogP contribution in [0.25, 0.3) is 0 Å². The summed E-state index contributed by atoms with van der Waals surface area (Å²) in [5.74, 6) is 1.09. The Morgan fingerprint density at radius 2 is 1.77 bits per heavy atom. The van der Waals surface area contributed by atoms with Crippen molar-refractivity contribution < 1.29 is 9.53 Å². The van der Waals surface area contributed by atoms with Gasteiger partial charge in [-0.25, -0.2) is 0 Å². The summed E-state index contributed by atoms with van der Waals surface area (Å²) in [5, 5.41) is 2.39. The predicted molar refractivity (Wildman–Crippen MR) is 55.7 cm³/mol. The topological polar surface area (TPSA) is 38.3 Å². The largest absolute Gasteiger partial charge is 0.385 e. The Bertz CT molecular complexity index is 109. The van der Waals surface area contributed by atoms with Gasteiger partial charge in [0.25, 0.3) is 0 Å². The maximum Gasteiger partial charge on any atom is 0.216 e. The van der Waals surface area contributed by atoms with E-state index in [1.165, 1.54) is 19.8 Å². The highest BCUT2D eigenvalue weighted by atomic mass is 16.5. The van der Waals surface area contributed by atoms with Crippen molar-refractivity contribution >= 4 is 5.91 Å². The molecule has 0 aliphatic heterocycles. The van der Waals surface area contributed by atoms with E-state index < -0.39 is 0 Å². The molecule has 1 amide bonds. The quantitative estimate of drug-likeness (QED) is 0.683. The zero-order valence-corrected chi connectivity index (χ0v) is 9.52. The highest BCUT2D eigenvalue weighted by molar-refractivity contribution is 5.72. The van der Waals surface area contributed by atoms with Crippen molar-refractivity contribution in [2.45, 2.75) is 33.6 Å². The van der Waals surface area contributed by atoms with Crippen molar-refractivity contribution in [3.05, 3.63) is 0 Å². The first-order valence-corrected chi connectivity index (χ1v) is 4.75. The minimum atomic E-state index is 0.00463. The molecule has 0 spiro atoms. The lowest BCUT2D eigenvalue weighted by Crippen LogP contribution is -2.11. The van der Waals surface area contributed by atoms with E-state index in [-0.39, 0.29) is 5.91 Å². The van der Waals surface area contributed by atoms with Gasteiger partial charge in [0.2, 0.25) is 5.91 Å². The van der Waals surface area contributed by atoms with Crippen LogP contribution in [0, 0.1) is 5.92 Å². The van der Waals surface area contributed by atoms with Crippen LogP contribution >= 0.6 is 0 Å². The SMILES string of the molecule is CC1CC1.CCOC.CNC(C)=O. The highest BCUT2D eigenvalue weighted by Gasteiger charge is 2.12. The molecule has 0 heterocycles. The number of carbonyl (C=O) groups excluding carboxylic acids is 1. The molecule has 1 saturated carbocycles. The summed E-state index contributed by atoms with van der Waals surface area (Å²) in [6, 6.07) is 0. The molecule has 0 aromatic rings. The number of amides is 1. The van der Waals surface area contributed by atoms with Gasteiger partial charge in [-0.1, -0.05) is 19.8 Å². The standard InChI is InChI=1S/C4H8.C3H7NO.C3H8O/c1-4-2-3-4;1-3(5)4-2;1-3-4-2/h4H,2-3H2,1H3;1-2H3,(H,4,5);3H2,1-2H3. The van der Waals surface area contributed by atoms with E-state index >= 15 is 0 Å². The summed E-state index contributed by atoms with van der Waals surface area (Å²) in [6.07, 6.45) is 2.97. The number of rotatable bonds is 1. The number of carbonyl (C=O) groups is 1. The monoisotopic (exact) mass is 189 g/mol. The number of methoxy groups -OCH3 is 1. The van der Waals surface area contributed by atoms with Crippen LogP contribution in [0.5, 0.6) is 0 Å². The van der Waals surface area contributed by atoms with Crippen LogP contribution in [-0.2, 0) is 9.53 Å². The van der Waals surface area contributed by atoms with Crippen LogP contribution in [0.15, 0.2) is 0 Å². The molecule has 1 aliphatic carbocycles. The molecule has 1 aliphatic rings. The second-order valence-corrected chi connectivity index (χ2v) is 3.07. The zero-order valence-electron chi connectivity index (χ0n) is 9.52. The van der Waals surface area contributed by atoms with Gasteiger partial charge >= 0.3 is 0 Å². The highest BCUT2D eigenvalue weighted by Crippen LogP contribution is 2.26. The van der Waals surface area contributed by atoms with Gasteiger partial charge in [0, 0.05) is 27.7 Å². The average molecular weight is 189 g/mol. The third kappa shape index (κ3) is 34.5. The van der Waals surface area contributed by atoms with Crippen LogP contribution < -0.4 is 5.32 Å². The van der Waals surface area contributed by atoms with Crippen molar-refractivity contribution in [2.24, 2.45) is 5.92 Å². The normalized spacial score (nSPS) is 13.0. The van der Waals surface area contributed by atoms with Crippen molar-refractivity contribution in [2.75, 3.05) is 20.8 Å². The Hall–Kier alpha value is -0.570. The molecule has 13 heavy (non-hydrogen) atoms. The Morgan fingerprint density at radius 1 is 1.54 bits per heavy atom.